The van der Waals surface area contributed by atoms with E-state index in [0.29, 0.717) is 12.3 Å². The summed E-state index contributed by atoms with van der Waals surface area (Å²) >= 11 is 0. The molecule has 258 valence electrons. The zero-order chi connectivity index (χ0) is 32.7. The van der Waals surface area contributed by atoms with Gasteiger partial charge in [-0.05, 0) is 61.7 Å². The predicted molar refractivity (Wildman–Crippen MR) is 193 cm³/mol. The lowest BCUT2D eigenvalue weighted by Crippen LogP contribution is -2.33. The maximum absolute atomic E-state index is 12.3. The van der Waals surface area contributed by atoms with E-state index in [1.165, 1.54) is 122 Å². The van der Waals surface area contributed by atoms with Gasteiger partial charge in [0.1, 0.15) is 5.60 Å². The van der Waals surface area contributed by atoms with E-state index in [0.717, 1.165) is 41.9 Å². The highest BCUT2D eigenvalue weighted by Gasteiger charge is 2.26. The van der Waals surface area contributed by atoms with Crippen LogP contribution in [0.4, 0.5) is 0 Å². The first-order valence-electron chi connectivity index (χ1n) is 19.3. The van der Waals surface area contributed by atoms with Crippen molar-refractivity contribution in [2.45, 2.75) is 210 Å². The number of carbonyl (C=O) groups is 1. The van der Waals surface area contributed by atoms with Crippen LogP contribution in [-0.2, 0) is 9.53 Å². The van der Waals surface area contributed by atoms with Gasteiger partial charge in [-0.1, -0.05) is 177 Å². The van der Waals surface area contributed by atoms with Crippen molar-refractivity contribution >= 4 is 5.78 Å². The van der Waals surface area contributed by atoms with E-state index in [1.54, 1.807) is 7.11 Å². The van der Waals surface area contributed by atoms with Crippen LogP contribution in [0.1, 0.15) is 204 Å². The molecular formula is C41H82O2. The fourth-order valence-corrected chi connectivity index (χ4v) is 6.78. The van der Waals surface area contributed by atoms with Gasteiger partial charge in [0.2, 0.25) is 0 Å². The number of hydrogen-bond donors (Lipinski definition) is 0. The molecule has 0 heterocycles. The predicted octanol–water partition coefficient (Wildman–Crippen LogP) is 13.6. The van der Waals surface area contributed by atoms with E-state index >= 15 is 0 Å². The van der Waals surface area contributed by atoms with Crippen molar-refractivity contribution < 1.29 is 9.53 Å². The van der Waals surface area contributed by atoms with E-state index < -0.39 is 5.60 Å². The molecule has 6 atom stereocenters. The third-order valence-electron chi connectivity index (χ3n) is 10.7. The molecule has 43 heavy (non-hydrogen) atoms. The molecule has 0 rings (SSSR count). The molecule has 0 aliphatic rings. The van der Waals surface area contributed by atoms with Crippen LogP contribution in [0, 0.1) is 41.4 Å². The summed E-state index contributed by atoms with van der Waals surface area (Å²) in [5.41, 5.74) is -0.632. The molecule has 2 heteroatoms. The Hall–Kier alpha value is -0.370. The second-order valence-electron chi connectivity index (χ2n) is 16.6. The van der Waals surface area contributed by atoms with Gasteiger partial charge in [-0.3, -0.25) is 4.79 Å². The van der Waals surface area contributed by atoms with Crippen molar-refractivity contribution in [1.29, 1.82) is 0 Å². The summed E-state index contributed by atoms with van der Waals surface area (Å²) in [5.74, 6) is 6.19. The molecule has 0 aromatic rings. The van der Waals surface area contributed by atoms with Crippen molar-refractivity contribution in [2.75, 3.05) is 7.11 Å². The molecule has 3 unspecified atom stereocenters. The monoisotopic (exact) mass is 607 g/mol. The fraction of sp³-hybridized carbons (Fsp3) is 0.976. The highest BCUT2D eigenvalue weighted by molar-refractivity contribution is 5.86. The zero-order valence-corrected chi connectivity index (χ0v) is 31.7. The van der Waals surface area contributed by atoms with E-state index in [1.807, 2.05) is 13.8 Å². The summed E-state index contributed by atoms with van der Waals surface area (Å²) in [4.78, 5) is 12.3. The lowest BCUT2D eigenvalue weighted by atomic mass is 9.89. The molecule has 0 radical (unpaired) electrons. The topological polar surface area (TPSA) is 26.3 Å². The number of rotatable bonds is 30. The van der Waals surface area contributed by atoms with Crippen LogP contribution in [0.3, 0.4) is 0 Å². The Bertz CT molecular complexity index is 638. The van der Waals surface area contributed by atoms with Crippen molar-refractivity contribution in [3.05, 3.63) is 0 Å². The highest BCUT2D eigenvalue weighted by atomic mass is 16.5. The van der Waals surface area contributed by atoms with Crippen LogP contribution in [0.25, 0.3) is 0 Å². The van der Waals surface area contributed by atoms with Crippen LogP contribution in [0.15, 0.2) is 0 Å². The van der Waals surface area contributed by atoms with Crippen molar-refractivity contribution in [3.63, 3.8) is 0 Å². The summed E-state index contributed by atoms with van der Waals surface area (Å²) in [6, 6.07) is 0. The maximum atomic E-state index is 12.3. The molecule has 0 saturated heterocycles. The van der Waals surface area contributed by atoms with Gasteiger partial charge >= 0.3 is 0 Å². The van der Waals surface area contributed by atoms with Gasteiger partial charge in [-0.25, -0.2) is 0 Å². The fourth-order valence-electron chi connectivity index (χ4n) is 6.78. The number of unbranched alkanes of at least 4 members (excludes halogenated alkanes) is 1. The molecule has 0 fully saturated rings. The van der Waals surface area contributed by atoms with Gasteiger partial charge in [0.05, 0.1) is 0 Å². The molecule has 0 aromatic carbocycles. The number of ketones is 1. The Balaban J connectivity index is 3.72. The number of methoxy groups -OCH3 is 1. The molecular weight excluding hydrogens is 524 g/mol. The van der Waals surface area contributed by atoms with Crippen LogP contribution in [0.5, 0.6) is 0 Å². The van der Waals surface area contributed by atoms with Gasteiger partial charge in [0.25, 0.3) is 0 Å². The smallest absolute Gasteiger partial charge is 0.164 e. The summed E-state index contributed by atoms with van der Waals surface area (Å²) in [6.45, 7) is 23.2. The largest absolute Gasteiger partial charge is 0.371 e. The van der Waals surface area contributed by atoms with Crippen molar-refractivity contribution in [2.24, 2.45) is 41.4 Å². The van der Waals surface area contributed by atoms with Crippen LogP contribution in [0.2, 0.25) is 0 Å². The first-order chi connectivity index (χ1) is 20.3. The third-order valence-corrected chi connectivity index (χ3v) is 10.7. The average molecular weight is 607 g/mol. The van der Waals surface area contributed by atoms with Gasteiger partial charge in [0, 0.05) is 13.5 Å². The highest BCUT2D eigenvalue weighted by Crippen LogP contribution is 2.26. The minimum atomic E-state index is -0.632. The molecule has 2 nitrogen and oxygen atoms in total. The Morgan fingerprint density at radius 1 is 0.442 bits per heavy atom. The summed E-state index contributed by atoms with van der Waals surface area (Å²) in [5, 5.41) is 0. The summed E-state index contributed by atoms with van der Waals surface area (Å²) in [7, 11) is 1.63. The van der Waals surface area contributed by atoms with Crippen LogP contribution in [-0.4, -0.2) is 18.5 Å². The lowest BCUT2D eigenvalue weighted by molar-refractivity contribution is -0.137. The third kappa shape index (κ3) is 25.5. The van der Waals surface area contributed by atoms with Gasteiger partial charge in [-0.15, -0.1) is 0 Å². The number of Topliss-reactive ketones (excluding diaryl/α,β-unsaturated/α-hetero) is 1. The van der Waals surface area contributed by atoms with Gasteiger partial charge in [-0.2, -0.15) is 0 Å². The molecule has 0 aliphatic carbocycles. The van der Waals surface area contributed by atoms with E-state index in [9.17, 15) is 4.79 Å². The first kappa shape index (κ1) is 42.6. The number of hydrogen-bond acceptors (Lipinski definition) is 2. The van der Waals surface area contributed by atoms with E-state index in [2.05, 4.69) is 55.4 Å². The average Bonchev–Trinajstić information content (AvgIpc) is 2.93. The molecule has 0 amide bonds. The van der Waals surface area contributed by atoms with Crippen molar-refractivity contribution in [1.82, 2.24) is 0 Å². The molecule has 0 saturated carbocycles. The Kier molecular flexibility index (Phi) is 25.6. The van der Waals surface area contributed by atoms with E-state index in [4.69, 9.17) is 4.74 Å². The zero-order valence-electron chi connectivity index (χ0n) is 31.7. The molecule has 0 aromatic heterocycles. The minimum absolute atomic E-state index is 0.234. The lowest BCUT2D eigenvalue weighted by Gasteiger charge is -2.22. The molecule has 0 bridgehead atoms. The maximum Gasteiger partial charge on any atom is 0.164 e. The second kappa shape index (κ2) is 25.8. The van der Waals surface area contributed by atoms with Gasteiger partial charge < -0.3 is 4.74 Å². The second-order valence-corrected chi connectivity index (χ2v) is 16.6. The van der Waals surface area contributed by atoms with Gasteiger partial charge in [0.15, 0.2) is 5.78 Å². The molecule has 0 N–H and O–H groups in total. The normalized spacial score (nSPS) is 16.7. The van der Waals surface area contributed by atoms with Crippen LogP contribution < -0.4 is 0 Å². The van der Waals surface area contributed by atoms with E-state index in [-0.39, 0.29) is 5.78 Å². The summed E-state index contributed by atoms with van der Waals surface area (Å²) < 4.78 is 5.33. The number of carbonyl (C=O) groups excluding carboxylic acids is 1. The molecule has 0 spiro atoms. The minimum Gasteiger partial charge on any atom is -0.371 e. The first-order valence-corrected chi connectivity index (χ1v) is 19.3. The van der Waals surface area contributed by atoms with Crippen LogP contribution >= 0.6 is 0 Å². The Labute approximate surface area is 273 Å². The quantitative estimate of drug-likeness (QED) is 0.0760. The SMILES string of the molecule is COC(C)(C)C(=O)CC[C@@H](C)CCC[C@@H](C)CCCC(C)CCCCC(C)CCCC(C)CCC[C@H](C)CCCC(C)C. The number of ether oxygens (including phenoxy) is 1. The Morgan fingerprint density at radius 3 is 0.977 bits per heavy atom. The van der Waals surface area contributed by atoms with Crippen molar-refractivity contribution in [3.8, 4) is 0 Å². The molecule has 0 aliphatic heterocycles. The Morgan fingerprint density at radius 2 is 0.698 bits per heavy atom. The standard InChI is InChI=1S/C41H82O2/c1-33(2)19-14-22-36(5)25-17-28-37(6)26-15-23-34(3)20-12-13-21-35(4)24-16-27-38(7)29-18-30-39(8)31-32-40(42)41(9,10)43-11/h33-39H,12-32H2,1-11H3/t34?,35?,36-,37?,38+,39+/m1/s1. The summed E-state index contributed by atoms with van der Waals surface area (Å²) in [6.07, 6.45) is 28.3.